The number of aromatic nitrogens is 1. The topological polar surface area (TPSA) is 114 Å². The highest BCUT2D eigenvalue weighted by Gasteiger charge is 2.48. The Morgan fingerprint density at radius 1 is 0.907 bits per heavy atom. The van der Waals surface area contributed by atoms with Crippen LogP contribution in [0.15, 0.2) is 119 Å². The van der Waals surface area contributed by atoms with Crippen molar-refractivity contribution >= 4 is 29.3 Å². The number of ether oxygens (including phenoxy) is 2. The lowest BCUT2D eigenvalue weighted by atomic mass is 9.91. The van der Waals surface area contributed by atoms with Gasteiger partial charge < -0.3 is 29.2 Å². The first-order chi connectivity index (χ1) is 26.1. The van der Waals surface area contributed by atoms with E-state index in [2.05, 4.69) is 5.32 Å². The summed E-state index contributed by atoms with van der Waals surface area (Å²) in [6, 6.07) is 32.7. The van der Waals surface area contributed by atoms with E-state index in [-0.39, 0.29) is 38.0 Å². The van der Waals surface area contributed by atoms with Crippen molar-refractivity contribution in [2.24, 2.45) is 5.92 Å². The van der Waals surface area contributed by atoms with Gasteiger partial charge in [0.05, 0.1) is 18.8 Å². The largest absolute Gasteiger partial charge is 0.471 e. The van der Waals surface area contributed by atoms with Gasteiger partial charge in [-0.2, -0.15) is 13.2 Å². The summed E-state index contributed by atoms with van der Waals surface area (Å²) in [5, 5.41) is 12.8. The maximum Gasteiger partial charge on any atom is 0.471 e. The molecule has 2 N–H and O–H groups in total. The number of nitrogens with one attached hydrogen (secondary N) is 1. The van der Waals surface area contributed by atoms with Crippen LogP contribution >= 0.6 is 11.8 Å². The van der Waals surface area contributed by atoms with Crippen molar-refractivity contribution < 1.29 is 41.8 Å². The second kappa shape index (κ2) is 16.2. The molecule has 0 aliphatic carbocycles. The maximum absolute atomic E-state index is 13.2. The minimum Gasteiger partial charge on any atom is -0.431 e. The van der Waals surface area contributed by atoms with Crippen LogP contribution in [-0.4, -0.2) is 57.4 Å². The van der Waals surface area contributed by atoms with Gasteiger partial charge in [0.15, 0.2) is 12.1 Å². The summed E-state index contributed by atoms with van der Waals surface area (Å²) in [5.41, 5.74) is 5.10. The number of carbonyl (C=O) groups excluding carboxylic acids is 2. The summed E-state index contributed by atoms with van der Waals surface area (Å²) in [6.45, 7) is 1.80. The van der Waals surface area contributed by atoms with Gasteiger partial charge in [-0.25, -0.2) is 4.98 Å². The molecule has 7 rings (SSSR count). The normalized spacial score (nSPS) is 21.6. The van der Waals surface area contributed by atoms with Crippen molar-refractivity contribution in [3.63, 3.8) is 0 Å². The van der Waals surface area contributed by atoms with E-state index in [1.54, 1.807) is 24.3 Å². The molecule has 54 heavy (non-hydrogen) atoms. The predicted octanol–water partition coefficient (Wildman–Crippen LogP) is 8.58. The Balaban J connectivity index is 1.13. The highest BCUT2D eigenvalue weighted by molar-refractivity contribution is 7.99. The van der Waals surface area contributed by atoms with E-state index in [1.807, 2.05) is 91.9 Å². The fraction of sp³-hybridized carbons (Fsp3) is 0.293. The number of hydrogen-bond donors (Lipinski definition) is 2. The lowest BCUT2D eigenvalue weighted by Gasteiger charge is -2.41. The number of aliphatic hydroxyl groups excluding tert-OH is 1. The second-order valence-electron chi connectivity index (χ2n) is 13.3. The zero-order valence-electron chi connectivity index (χ0n) is 29.2. The monoisotopic (exact) mass is 757 g/mol. The van der Waals surface area contributed by atoms with Gasteiger partial charge in [-0.15, -0.1) is 0 Å². The summed E-state index contributed by atoms with van der Waals surface area (Å²) in [7, 11) is 0. The van der Waals surface area contributed by atoms with Crippen LogP contribution in [0.3, 0.4) is 0 Å². The number of halogens is 3. The van der Waals surface area contributed by atoms with Crippen LogP contribution in [0.5, 0.6) is 0 Å². The molecule has 0 radical (unpaired) electrons. The highest BCUT2D eigenvalue weighted by atomic mass is 32.2. The minimum absolute atomic E-state index is 0.0973. The Morgan fingerprint density at radius 3 is 2.30 bits per heavy atom. The molecule has 1 aromatic heterocycles. The SMILES string of the molecule is C[C@H]1[C@@H](CSc2nc(-c3ccccc3)c(-c3ccccc3)o2)O[C@@H](c2cccc(NC(=O)[C@@H]3CCCN3C(=O)C(F)(F)F)c2)O[C@H]1c1ccc(CO)cc1. The zero-order chi connectivity index (χ0) is 37.8. The first-order valence-electron chi connectivity index (χ1n) is 17.6. The molecule has 2 amide bonds. The Bertz CT molecular complexity index is 2010. The molecular formula is C41H38F3N3O6S. The van der Waals surface area contributed by atoms with E-state index in [9.17, 15) is 27.9 Å². The Kier molecular flexibility index (Phi) is 11.2. The third kappa shape index (κ3) is 8.24. The van der Waals surface area contributed by atoms with Crippen molar-refractivity contribution in [2.45, 2.75) is 62.3 Å². The molecule has 5 atom stereocenters. The smallest absolute Gasteiger partial charge is 0.431 e. The number of nitrogens with zero attached hydrogens (tertiary/aromatic N) is 2. The minimum atomic E-state index is -5.07. The van der Waals surface area contributed by atoms with Crippen molar-refractivity contribution in [1.82, 2.24) is 9.88 Å². The van der Waals surface area contributed by atoms with Crippen LogP contribution in [0, 0.1) is 5.92 Å². The fourth-order valence-electron chi connectivity index (χ4n) is 6.84. The van der Waals surface area contributed by atoms with E-state index in [0.29, 0.717) is 32.9 Å². The molecule has 4 aromatic carbocycles. The molecule has 2 aliphatic heterocycles. The molecule has 3 heterocycles. The van der Waals surface area contributed by atoms with E-state index in [1.165, 1.54) is 11.8 Å². The van der Waals surface area contributed by atoms with Gasteiger partial charge in [-0.05, 0) is 36.1 Å². The number of hydrogen-bond acceptors (Lipinski definition) is 8. The van der Waals surface area contributed by atoms with Gasteiger partial charge >= 0.3 is 12.1 Å². The van der Waals surface area contributed by atoms with E-state index >= 15 is 0 Å². The first kappa shape index (κ1) is 37.4. The number of anilines is 1. The number of alkyl halides is 3. The van der Waals surface area contributed by atoms with Crippen LogP contribution in [0.2, 0.25) is 0 Å². The second-order valence-corrected chi connectivity index (χ2v) is 14.3. The van der Waals surface area contributed by atoms with Crippen LogP contribution < -0.4 is 5.32 Å². The molecule has 9 nitrogen and oxygen atoms in total. The molecule has 2 fully saturated rings. The van der Waals surface area contributed by atoms with Crippen LogP contribution in [0.4, 0.5) is 18.9 Å². The van der Waals surface area contributed by atoms with Crippen LogP contribution in [-0.2, 0) is 25.7 Å². The highest BCUT2D eigenvalue weighted by Crippen LogP contribution is 2.44. The molecule has 0 unspecified atom stereocenters. The molecule has 2 saturated heterocycles. The Hall–Kier alpha value is -4.95. The van der Waals surface area contributed by atoms with Crippen LogP contribution in [0.1, 0.15) is 48.8 Å². The summed E-state index contributed by atoms with van der Waals surface area (Å²) in [4.78, 5) is 30.7. The van der Waals surface area contributed by atoms with Crippen molar-refractivity contribution in [2.75, 3.05) is 17.6 Å². The number of benzene rings is 4. The number of carbonyl (C=O) groups is 2. The molecule has 5 aromatic rings. The number of amides is 2. The average molecular weight is 758 g/mol. The Morgan fingerprint density at radius 2 is 1.61 bits per heavy atom. The predicted molar refractivity (Wildman–Crippen MR) is 197 cm³/mol. The standard InChI is InChI=1S/C41H38F3N3O6S/c1-25-33(24-54-40-46-34(27-10-4-2-5-11-27)36(53-40)28-12-6-3-7-13-28)51-38(52-35(25)29-19-17-26(23-48)18-20-29)30-14-8-15-31(22-30)45-37(49)32-16-9-21-47(32)39(50)41(42,43)44/h2-8,10-15,17-20,22,25,32-33,35,38,48H,9,16,21,23-24H2,1H3,(H,45,49)/t25-,32-,33+,35+,38+/m0/s1. The maximum atomic E-state index is 13.2. The van der Waals surface area contributed by atoms with Gasteiger partial charge in [0.1, 0.15) is 11.7 Å². The molecule has 2 aliphatic rings. The molecule has 13 heteroatoms. The van der Waals surface area contributed by atoms with Crippen molar-refractivity contribution in [3.8, 4) is 22.6 Å². The van der Waals surface area contributed by atoms with E-state index in [4.69, 9.17) is 18.9 Å². The third-order valence-corrected chi connectivity index (χ3v) is 10.6. The van der Waals surface area contributed by atoms with E-state index < -0.39 is 36.4 Å². The number of likely N-dealkylation sites (tertiary alicyclic amines) is 1. The van der Waals surface area contributed by atoms with Crippen molar-refractivity contribution in [1.29, 1.82) is 0 Å². The van der Waals surface area contributed by atoms with Gasteiger partial charge in [-0.3, -0.25) is 9.59 Å². The molecule has 0 bridgehead atoms. The molecular weight excluding hydrogens is 720 g/mol. The van der Waals surface area contributed by atoms with E-state index in [0.717, 1.165) is 27.9 Å². The molecule has 0 spiro atoms. The number of oxazole rings is 1. The van der Waals surface area contributed by atoms with Gasteiger partial charge in [0.25, 0.3) is 5.22 Å². The van der Waals surface area contributed by atoms with Crippen LogP contribution in [0.25, 0.3) is 22.6 Å². The fourth-order valence-corrected chi connectivity index (χ4v) is 7.82. The molecule has 0 saturated carbocycles. The summed E-state index contributed by atoms with van der Waals surface area (Å²) in [5.74, 6) is -1.75. The quantitative estimate of drug-likeness (QED) is 0.136. The summed E-state index contributed by atoms with van der Waals surface area (Å²) in [6.07, 6.45) is -6.34. The van der Waals surface area contributed by atoms with Crippen molar-refractivity contribution in [3.05, 3.63) is 126 Å². The molecule has 280 valence electrons. The number of thioether (sulfide) groups is 1. The number of aliphatic hydroxyl groups is 1. The Labute approximate surface area is 314 Å². The third-order valence-electron chi connectivity index (χ3n) is 9.67. The summed E-state index contributed by atoms with van der Waals surface area (Å²) >= 11 is 1.42. The average Bonchev–Trinajstić information content (AvgIpc) is 3.86. The zero-order valence-corrected chi connectivity index (χ0v) is 30.1. The van der Waals surface area contributed by atoms with Gasteiger partial charge in [0.2, 0.25) is 5.91 Å². The lowest BCUT2D eigenvalue weighted by Crippen LogP contribution is -2.48. The van der Waals surface area contributed by atoms with Gasteiger partial charge in [0, 0.05) is 40.6 Å². The first-order valence-corrected chi connectivity index (χ1v) is 18.6. The van der Waals surface area contributed by atoms with Gasteiger partial charge in [-0.1, -0.05) is 116 Å². The lowest BCUT2D eigenvalue weighted by molar-refractivity contribution is -0.268. The number of rotatable bonds is 10. The summed E-state index contributed by atoms with van der Waals surface area (Å²) < 4.78 is 59.2.